The molecule has 0 aliphatic carbocycles. The first-order chi connectivity index (χ1) is 7.10. The molecular weight excluding hydrogens is 239 g/mol. The number of rotatable bonds is 3. The van der Waals surface area contributed by atoms with Crippen LogP contribution in [0.25, 0.3) is 0 Å². The summed E-state index contributed by atoms with van der Waals surface area (Å²) in [7, 11) is 0. The number of ether oxygens (including phenoxy) is 1. The summed E-state index contributed by atoms with van der Waals surface area (Å²) in [4.78, 5) is 11.2. The van der Waals surface area contributed by atoms with E-state index in [9.17, 15) is 4.79 Å². The largest absolute Gasteiger partial charge is 0.491 e. The second kappa shape index (κ2) is 5.21. The molecule has 1 aromatic rings. The van der Waals surface area contributed by atoms with Gasteiger partial charge in [0.15, 0.2) is 5.75 Å². The zero-order valence-electron chi connectivity index (χ0n) is 8.01. The van der Waals surface area contributed by atoms with Crippen LogP contribution < -0.4 is 16.0 Å². The first-order valence-electron chi connectivity index (χ1n) is 4.23. The van der Waals surface area contributed by atoms with Crippen LogP contribution in [-0.2, 0) is 0 Å². The number of nitrogens with two attached hydrogens (primary N) is 1. The summed E-state index contributed by atoms with van der Waals surface area (Å²) >= 11 is 11.8. The fourth-order valence-electron chi connectivity index (χ4n) is 1.06. The van der Waals surface area contributed by atoms with Crippen LogP contribution in [0, 0.1) is 0 Å². The van der Waals surface area contributed by atoms with Crippen molar-refractivity contribution < 1.29 is 9.53 Å². The minimum absolute atomic E-state index is 0.281. The number of hydrazine groups is 1. The molecule has 0 bridgehead atoms. The maximum absolute atomic E-state index is 11.2. The fraction of sp³-hybridized carbons (Fsp3) is 0.222. The highest BCUT2D eigenvalue weighted by Gasteiger charge is 2.12. The standard InChI is InChI=1S/C9H10Cl2N2O2/c1-2-15-8-6(10)3-5(4-7(8)11)9(14)13-12/h3-4H,2,12H2,1H3,(H,13,14). The Bertz CT molecular complexity index is 359. The van der Waals surface area contributed by atoms with Gasteiger partial charge in [-0.1, -0.05) is 23.2 Å². The molecule has 82 valence electrons. The van der Waals surface area contributed by atoms with E-state index < -0.39 is 5.91 Å². The van der Waals surface area contributed by atoms with Gasteiger partial charge >= 0.3 is 0 Å². The number of hydrogen-bond acceptors (Lipinski definition) is 3. The predicted molar refractivity (Wildman–Crippen MR) is 59.3 cm³/mol. The third-order valence-electron chi connectivity index (χ3n) is 1.68. The summed E-state index contributed by atoms with van der Waals surface area (Å²) in [6.07, 6.45) is 0. The van der Waals surface area contributed by atoms with Crippen LogP contribution in [0.5, 0.6) is 5.75 Å². The Balaban J connectivity index is 3.13. The summed E-state index contributed by atoms with van der Waals surface area (Å²) in [5, 5.41) is 0.561. The molecule has 0 aliphatic rings. The Hall–Kier alpha value is -0.970. The van der Waals surface area contributed by atoms with Gasteiger partial charge in [0.05, 0.1) is 16.7 Å². The van der Waals surface area contributed by atoms with Gasteiger partial charge in [-0.3, -0.25) is 10.2 Å². The number of carbonyl (C=O) groups excluding carboxylic acids is 1. The number of halogens is 2. The Labute approximate surface area is 97.3 Å². The molecule has 0 radical (unpaired) electrons. The molecule has 1 rings (SSSR count). The number of hydrogen-bond donors (Lipinski definition) is 2. The van der Waals surface area contributed by atoms with Crippen LogP contribution >= 0.6 is 23.2 Å². The average molecular weight is 249 g/mol. The number of benzene rings is 1. The molecular formula is C9H10Cl2N2O2. The van der Waals surface area contributed by atoms with Crippen molar-refractivity contribution in [1.29, 1.82) is 0 Å². The zero-order valence-corrected chi connectivity index (χ0v) is 9.52. The van der Waals surface area contributed by atoms with Crippen molar-refractivity contribution in [3.63, 3.8) is 0 Å². The average Bonchev–Trinajstić information content (AvgIpc) is 2.22. The molecule has 0 heterocycles. The van der Waals surface area contributed by atoms with Gasteiger partial charge in [0.25, 0.3) is 5.91 Å². The molecule has 0 spiro atoms. The van der Waals surface area contributed by atoms with Crippen molar-refractivity contribution in [3.05, 3.63) is 27.7 Å². The summed E-state index contributed by atoms with van der Waals surface area (Å²) in [5.41, 5.74) is 2.28. The highest BCUT2D eigenvalue weighted by atomic mass is 35.5. The smallest absolute Gasteiger partial charge is 0.265 e. The van der Waals surface area contributed by atoms with Crippen molar-refractivity contribution in [3.8, 4) is 5.75 Å². The molecule has 0 aromatic heterocycles. The lowest BCUT2D eigenvalue weighted by Gasteiger charge is -2.09. The van der Waals surface area contributed by atoms with Crippen molar-refractivity contribution >= 4 is 29.1 Å². The SMILES string of the molecule is CCOc1c(Cl)cc(C(=O)NN)cc1Cl. The summed E-state index contributed by atoms with van der Waals surface area (Å²) in [6, 6.07) is 2.89. The number of carbonyl (C=O) groups is 1. The van der Waals surface area contributed by atoms with Gasteiger partial charge in [-0.05, 0) is 19.1 Å². The van der Waals surface area contributed by atoms with Crippen LogP contribution in [0.3, 0.4) is 0 Å². The zero-order chi connectivity index (χ0) is 11.4. The summed E-state index contributed by atoms with van der Waals surface area (Å²) in [6.45, 7) is 2.26. The molecule has 6 heteroatoms. The first-order valence-corrected chi connectivity index (χ1v) is 4.98. The van der Waals surface area contributed by atoms with E-state index in [1.165, 1.54) is 12.1 Å². The fourth-order valence-corrected chi connectivity index (χ4v) is 1.65. The van der Waals surface area contributed by atoms with Crippen molar-refractivity contribution in [2.45, 2.75) is 6.92 Å². The molecule has 0 saturated heterocycles. The van der Waals surface area contributed by atoms with E-state index in [-0.39, 0.29) is 15.6 Å². The molecule has 0 atom stereocenters. The normalized spacial score (nSPS) is 9.87. The predicted octanol–water partition coefficient (Wildman–Crippen LogP) is 2.00. The molecule has 1 aromatic carbocycles. The lowest BCUT2D eigenvalue weighted by Crippen LogP contribution is -2.29. The first kappa shape index (κ1) is 12.1. The van der Waals surface area contributed by atoms with Gasteiger partial charge in [0, 0.05) is 5.56 Å². The molecule has 0 saturated carbocycles. The number of nitrogen functional groups attached to an aromatic ring is 1. The lowest BCUT2D eigenvalue weighted by atomic mass is 10.2. The van der Waals surface area contributed by atoms with E-state index in [4.69, 9.17) is 33.8 Å². The van der Waals surface area contributed by atoms with Gasteiger partial charge < -0.3 is 4.74 Å². The molecule has 4 nitrogen and oxygen atoms in total. The highest BCUT2D eigenvalue weighted by Crippen LogP contribution is 2.34. The Morgan fingerprint density at radius 3 is 2.40 bits per heavy atom. The monoisotopic (exact) mass is 248 g/mol. The highest BCUT2D eigenvalue weighted by molar-refractivity contribution is 6.37. The van der Waals surface area contributed by atoms with Crippen molar-refractivity contribution in [2.75, 3.05) is 6.61 Å². The minimum Gasteiger partial charge on any atom is -0.491 e. The van der Waals surface area contributed by atoms with Crippen LogP contribution in [0.2, 0.25) is 10.0 Å². The van der Waals surface area contributed by atoms with Crippen LogP contribution in [0.1, 0.15) is 17.3 Å². The quantitative estimate of drug-likeness (QED) is 0.489. The summed E-state index contributed by atoms with van der Waals surface area (Å²) in [5.74, 6) is 4.90. The molecule has 1 amide bonds. The Morgan fingerprint density at radius 2 is 2.00 bits per heavy atom. The maximum Gasteiger partial charge on any atom is 0.265 e. The molecule has 0 unspecified atom stereocenters. The van der Waals surface area contributed by atoms with Gasteiger partial charge in [-0.2, -0.15) is 0 Å². The van der Waals surface area contributed by atoms with Crippen LogP contribution in [0.4, 0.5) is 0 Å². The number of nitrogens with one attached hydrogen (secondary N) is 1. The van der Waals surface area contributed by atoms with E-state index in [1.54, 1.807) is 0 Å². The summed E-state index contributed by atoms with van der Waals surface area (Å²) < 4.78 is 5.21. The second-order valence-corrected chi connectivity index (χ2v) is 3.49. The van der Waals surface area contributed by atoms with Crippen molar-refractivity contribution in [2.24, 2.45) is 5.84 Å². The van der Waals surface area contributed by atoms with Gasteiger partial charge in [0.1, 0.15) is 0 Å². The van der Waals surface area contributed by atoms with E-state index in [2.05, 4.69) is 0 Å². The maximum atomic E-state index is 11.2. The van der Waals surface area contributed by atoms with Crippen LogP contribution in [0.15, 0.2) is 12.1 Å². The van der Waals surface area contributed by atoms with Gasteiger partial charge in [0.2, 0.25) is 0 Å². The molecule has 3 N–H and O–H groups in total. The van der Waals surface area contributed by atoms with Crippen LogP contribution in [-0.4, -0.2) is 12.5 Å². The molecule has 0 fully saturated rings. The Kier molecular flexibility index (Phi) is 4.20. The van der Waals surface area contributed by atoms with E-state index in [1.807, 2.05) is 12.3 Å². The van der Waals surface area contributed by atoms with E-state index in [0.717, 1.165) is 0 Å². The lowest BCUT2D eigenvalue weighted by molar-refractivity contribution is 0.0953. The third-order valence-corrected chi connectivity index (χ3v) is 2.24. The second-order valence-electron chi connectivity index (χ2n) is 2.68. The topological polar surface area (TPSA) is 64.3 Å². The third kappa shape index (κ3) is 2.75. The number of amides is 1. The van der Waals surface area contributed by atoms with Gasteiger partial charge in [-0.25, -0.2) is 5.84 Å². The van der Waals surface area contributed by atoms with E-state index >= 15 is 0 Å². The Morgan fingerprint density at radius 1 is 1.47 bits per heavy atom. The minimum atomic E-state index is -0.457. The van der Waals surface area contributed by atoms with Crippen molar-refractivity contribution in [1.82, 2.24) is 5.43 Å². The molecule has 15 heavy (non-hydrogen) atoms. The molecule has 0 aliphatic heterocycles. The van der Waals surface area contributed by atoms with E-state index in [0.29, 0.717) is 12.4 Å². The van der Waals surface area contributed by atoms with Gasteiger partial charge in [-0.15, -0.1) is 0 Å².